The molecule has 182 valence electrons. The van der Waals surface area contributed by atoms with E-state index < -0.39 is 16.8 Å². The van der Waals surface area contributed by atoms with Crippen LogP contribution in [0.5, 0.6) is 5.75 Å². The summed E-state index contributed by atoms with van der Waals surface area (Å²) in [5.74, 6) is -0.451. The fourth-order valence-corrected chi connectivity index (χ4v) is 3.71. The van der Waals surface area contributed by atoms with E-state index in [1.807, 2.05) is 6.07 Å². The van der Waals surface area contributed by atoms with Crippen molar-refractivity contribution in [3.63, 3.8) is 0 Å². The maximum absolute atomic E-state index is 12.6. The second-order valence-corrected chi connectivity index (χ2v) is 8.49. The first-order valence-electron chi connectivity index (χ1n) is 10.7. The summed E-state index contributed by atoms with van der Waals surface area (Å²) >= 11 is 2.09. The van der Waals surface area contributed by atoms with E-state index >= 15 is 0 Å². The van der Waals surface area contributed by atoms with Gasteiger partial charge in [-0.05, 0) is 95.2 Å². The molecule has 0 aliphatic rings. The number of carbonyl (C=O) groups is 2. The number of nitro benzene ring substituents is 1. The molecule has 9 nitrogen and oxygen atoms in total. The monoisotopic (exact) mass is 597 g/mol. The van der Waals surface area contributed by atoms with Crippen LogP contribution in [0.1, 0.15) is 28.4 Å². The highest BCUT2D eigenvalue weighted by molar-refractivity contribution is 14.1. The minimum absolute atomic E-state index is 0.00972. The number of esters is 1. The number of hydrogen-bond donors (Lipinski definition) is 1. The fraction of sp³-hybridized carbons (Fsp3) is 0.115. The van der Waals surface area contributed by atoms with Crippen molar-refractivity contribution in [2.45, 2.75) is 13.5 Å². The number of benzene rings is 3. The summed E-state index contributed by atoms with van der Waals surface area (Å²) < 4.78 is 11.5. The van der Waals surface area contributed by atoms with Crippen molar-refractivity contribution in [1.29, 1.82) is 5.26 Å². The lowest BCUT2D eigenvalue weighted by molar-refractivity contribution is -0.384. The topological polar surface area (TPSA) is 132 Å². The largest absolute Gasteiger partial charge is 0.488 e. The van der Waals surface area contributed by atoms with Crippen LogP contribution in [0.3, 0.4) is 0 Å². The molecule has 10 heteroatoms. The number of carbonyl (C=O) groups excluding carboxylic acids is 2. The van der Waals surface area contributed by atoms with E-state index in [-0.39, 0.29) is 24.5 Å². The third-order valence-electron chi connectivity index (χ3n) is 4.83. The third kappa shape index (κ3) is 7.13. The van der Waals surface area contributed by atoms with Gasteiger partial charge in [0.25, 0.3) is 11.6 Å². The molecule has 0 saturated carbocycles. The van der Waals surface area contributed by atoms with Crippen LogP contribution in [0.15, 0.2) is 72.3 Å². The number of anilines is 1. The van der Waals surface area contributed by atoms with Gasteiger partial charge in [0.2, 0.25) is 0 Å². The summed E-state index contributed by atoms with van der Waals surface area (Å²) in [6.07, 6.45) is 1.46. The Bertz CT molecular complexity index is 1350. The Morgan fingerprint density at radius 2 is 1.81 bits per heavy atom. The zero-order chi connectivity index (χ0) is 26.1. The standard InChI is InChI=1S/C26H20IN3O6/c1-2-35-26(32)19-6-8-21(9-7-19)29-25(31)20(15-28)13-18-5-12-24(23(27)14-18)36-16-17-3-10-22(11-4-17)30(33)34/h3-14H,2,16H2,1H3,(H,29,31)/b20-13+. The first-order valence-corrected chi connectivity index (χ1v) is 11.7. The van der Waals surface area contributed by atoms with Gasteiger partial charge in [-0.1, -0.05) is 6.07 Å². The van der Waals surface area contributed by atoms with Gasteiger partial charge in [-0.25, -0.2) is 4.79 Å². The minimum Gasteiger partial charge on any atom is -0.488 e. The van der Waals surface area contributed by atoms with Crippen LogP contribution < -0.4 is 10.1 Å². The molecule has 1 N–H and O–H groups in total. The number of non-ortho nitro benzene ring substituents is 1. The van der Waals surface area contributed by atoms with E-state index in [1.54, 1.807) is 49.4 Å². The summed E-state index contributed by atoms with van der Waals surface area (Å²) in [7, 11) is 0. The summed E-state index contributed by atoms with van der Waals surface area (Å²) in [6, 6.07) is 19.4. The molecule has 3 aromatic rings. The van der Waals surface area contributed by atoms with Gasteiger partial charge in [-0.2, -0.15) is 5.26 Å². The van der Waals surface area contributed by atoms with Crippen molar-refractivity contribution in [2.24, 2.45) is 0 Å². The zero-order valence-corrected chi connectivity index (χ0v) is 21.2. The Labute approximate surface area is 220 Å². The summed E-state index contributed by atoms with van der Waals surface area (Å²) in [4.78, 5) is 34.6. The normalized spacial score (nSPS) is 10.8. The third-order valence-corrected chi connectivity index (χ3v) is 5.67. The highest BCUT2D eigenvalue weighted by atomic mass is 127. The van der Waals surface area contributed by atoms with E-state index in [4.69, 9.17) is 9.47 Å². The van der Waals surface area contributed by atoms with Gasteiger partial charge in [0.15, 0.2) is 0 Å². The minimum atomic E-state index is -0.588. The van der Waals surface area contributed by atoms with Gasteiger partial charge in [0.05, 0.1) is 20.7 Å². The molecular formula is C26H20IN3O6. The first kappa shape index (κ1) is 26.4. The second kappa shape index (κ2) is 12.5. The zero-order valence-electron chi connectivity index (χ0n) is 19.1. The molecule has 1 amide bonds. The average Bonchev–Trinajstić information content (AvgIpc) is 2.87. The first-order chi connectivity index (χ1) is 17.3. The smallest absolute Gasteiger partial charge is 0.338 e. The Morgan fingerprint density at radius 3 is 2.39 bits per heavy atom. The molecule has 0 saturated heterocycles. The van der Waals surface area contributed by atoms with E-state index in [9.17, 15) is 25.0 Å². The number of hydrogen-bond acceptors (Lipinski definition) is 7. The number of nitro groups is 1. The van der Waals surface area contributed by atoms with Crippen LogP contribution in [-0.4, -0.2) is 23.4 Å². The Balaban J connectivity index is 1.65. The molecule has 0 aromatic heterocycles. The number of nitrogens with one attached hydrogen (secondary N) is 1. The van der Waals surface area contributed by atoms with Gasteiger partial charge in [0, 0.05) is 17.8 Å². The van der Waals surface area contributed by atoms with E-state index in [0.29, 0.717) is 22.6 Å². The lowest BCUT2D eigenvalue weighted by Crippen LogP contribution is -2.13. The molecule has 0 aliphatic heterocycles. The molecule has 0 radical (unpaired) electrons. The summed E-state index contributed by atoms with van der Waals surface area (Å²) in [6.45, 7) is 2.20. The molecule has 3 rings (SSSR count). The molecule has 0 heterocycles. The predicted molar refractivity (Wildman–Crippen MR) is 141 cm³/mol. The molecule has 36 heavy (non-hydrogen) atoms. The Hall–Kier alpha value is -4.24. The quantitative estimate of drug-likeness (QED) is 0.0861. The number of halogens is 1. The highest BCUT2D eigenvalue weighted by Gasteiger charge is 2.12. The van der Waals surface area contributed by atoms with Crippen molar-refractivity contribution in [3.8, 4) is 11.8 Å². The van der Waals surface area contributed by atoms with E-state index in [2.05, 4.69) is 27.9 Å². The molecule has 0 fully saturated rings. The van der Waals surface area contributed by atoms with Crippen LogP contribution in [0, 0.1) is 25.0 Å². The molecule has 0 unspecified atom stereocenters. The number of ether oxygens (including phenoxy) is 2. The second-order valence-electron chi connectivity index (χ2n) is 7.32. The molecule has 0 aliphatic carbocycles. The van der Waals surface area contributed by atoms with Crippen LogP contribution in [0.2, 0.25) is 0 Å². The average molecular weight is 597 g/mol. The van der Waals surface area contributed by atoms with Crippen LogP contribution in [0.25, 0.3) is 6.08 Å². The lowest BCUT2D eigenvalue weighted by Gasteiger charge is -2.09. The number of amides is 1. The maximum atomic E-state index is 12.6. The van der Waals surface area contributed by atoms with Gasteiger partial charge >= 0.3 is 5.97 Å². The molecular weight excluding hydrogens is 577 g/mol. The lowest BCUT2D eigenvalue weighted by atomic mass is 10.1. The van der Waals surface area contributed by atoms with Crippen molar-refractivity contribution in [2.75, 3.05) is 11.9 Å². The van der Waals surface area contributed by atoms with Gasteiger partial charge < -0.3 is 14.8 Å². The van der Waals surface area contributed by atoms with E-state index in [0.717, 1.165) is 9.13 Å². The highest BCUT2D eigenvalue weighted by Crippen LogP contribution is 2.25. The summed E-state index contributed by atoms with van der Waals surface area (Å²) in [5, 5.41) is 22.9. The summed E-state index contributed by atoms with van der Waals surface area (Å²) in [5.41, 5.74) is 2.11. The maximum Gasteiger partial charge on any atom is 0.338 e. The number of nitrogens with zero attached hydrogens (tertiary/aromatic N) is 2. The van der Waals surface area contributed by atoms with Crippen molar-refractivity contribution in [3.05, 3.63) is 103 Å². The van der Waals surface area contributed by atoms with Crippen molar-refractivity contribution < 1.29 is 24.0 Å². The van der Waals surface area contributed by atoms with Gasteiger partial charge in [-0.15, -0.1) is 0 Å². The van der Waals surface area contributed by atoms with Crippen molar-refractivity contribution in [1.82, 2.24) is 0 Å². The molecule has 0 atom stereocenters. The van der Waals surface area contributed by atoms with Gasteiger partial charge in [-0.3, -0.25) is 14.9 Å². The number of rotatable bonds is 9. The Kier molecular flexibility index (Phi) is 9.13. The van der Waals surface area contributed by atoms with Crippen LogP contribution in [-0.2, 0) is 16.1 Å². The number of nitriles is 1. The fourth-order valence-electron chi connectivity index (χ4n) is 3.02. The molecule has 0 spiro atoms. The predicted octanol–water partition coefficient (Wildman–Crippen LogP) is 5.50. The van der Waals surface area contributed by atoms with Crippen molar-refractivity contribution >= 4 is 51.9 Å². The van der Waals surface area contributed by atoms with Crippen LogP contribution in [0.4, 0.5) is 11.4 Å². The van der Waals surface area contributed by atoms with E-state index in [1.165, 1.54) is 30.3 Å². The SMILES string of the molecule is CCOC(=O)c1ccc(NC(=O)/C(C#N)=C/c2ccc(OCc3ccc([N+](=O)[O-])cc3)c(I)c2)cc1. The molecule has 3 aromatic carbocycles. The van der Waals surface area contributed by atoms with Crippen LogP contribution >= 0.6 is 22.6 Å². The Morgan fingerprint density at radius 1 is 1.11 bits per heavy atom. The van der Waals surface area contributed by atoms with Gasteiger partial charge in [0.1, 0.15) is 24.0 Å². The molecule has 0 bridgehead atoms.